The molecule has 1 saturated carbocycles. The minimum absolute atomic E-state index is 0.00298. The van der Waals surface area contributed by atoms with Gasteiger partial charge in [0.2, 0.25) is 17.4 Å². The standard InChI is InChI=1S/C27H28N8O9/c1-26(43)9-5-4-6-12(36)13(9)18(37)14-10(26)7-11-17(35(2)3)19(38)15(21(40)27(11,44)20(14)39)23(41)28-8-29-25-30-22-16(24(42)31-25)32-34-33-22/h4-6,10-11,17,36-37,40,43-44H,7-8H2,1-3H3,(H,28,41)(H3,29,30,31,32,33,34,42). The first-order valence-electron chi connectivity index (χ1n) is 13.4. The Balaban J connectivity index is 1.39. The summed E-state index contributed by atoms with van der Waals surface area (Å²) in [6.07, 6.45) is -0.262. The molecule has 17 nitrogen and oxygen atoms in total. The van der Waals surface area contributed by atoms with Crippen LogP contribution < -0.4 is 16.2 Å². The van der Waals surface area contributed by atoms with E-state index in [0.29, 0.717) is 0 Å². The molecule has 0 saturated heterocycles. The number of nitrogens with one attached hydrogen (secondary N) is 4. The molecule has 6 rings (SSSR count). The first-order valence-corrected chi connectivity index (χ1v) is 13.4. The molecule has 0 bridgehead atoms. The monoisotopic (exact) mass is 608 g/mol. The highest BCUT2D eigenvalue weighted by Crippen LogP contribution is 2.57. The van der Waals surface area contributed by atoms with Crippen molar-refractivity contribution < 1.29 is 39.9 Å². The Morgan fingerprint density at radius 3 is 2.57 bits per heavy atom. The number of aromatic hydroxyl groups is 1. The van der Waals surface area contributed by atoms with Gasteiger partial charge in [-0.3, -0.25) is 29.1 Å². The third-order valence-corrected chi connectivity index (χ3v) is 8.70. The van der Waals surface area contributed by atoms with Crippen molar-refractivity contribution in [2.45, 2.75) is 30.6 Å². The Morgan fingerprint density at radius 2 is 1.86 bits per heavy atom. The van der Waals surface area contributed by atoms with E-state index in [1.165, 1.54) is 44.1 Å². The molecule has 5 atom stereocenters. The van der Waals surface area contributed by atoms with E-state index in [2.05, 4.69) is 36.0 Å². The van der Waals surface area contributed by atoms with E-state index in [0.717, 1.165) is 0 Å². The lowest BCUT2D eigenvalue weighted by molar-refractivity contribution is -0.159. The highest BCUT2D eigenvalue weighted by Gasteiger charge is 2.66. The Morgan fingerprint density at radius 1 is 1.14 bits per heavy atom. The fourth-order valence-electron chi connectivity index (χ4n) is 6.62. The molecule has 230 valence electrons. The maximum absolute atomic E-state index is 14.1. The molecule has 2 heterocycles. The molecule has 1 amide bonds. The van der Waals surface area contributed by atoms with E-state index in [-0.39, 0.29) is 34.7 Å². The molecular weight excluding hydrogens is 580 g/mol. The van der Waals surface area contributed by atoms with Crippen molar-refractivity contribution in [2.75, 3.05) is 26.1 Å². The third-order valence-electron chi connectivity index (χ3n) is 8.70. The maximum atomic E-state index is 14.1. The van der Waals surface area contributed by atoms with Gasteiger partial charge in [0.05, 0.1) is 23.9 Å². The van der Waals surface area contributed by atoms with Crippen LogP contribution in [0.25, 0.3) is 16.9 Å². The molecule has 3 aliphatic rings. The number of aliphatic hydroxyl groups is 4. The van der Waals surface area contributed by atoms with Crippen LogP contribution in [0.3, 0.4) is 0 Å². The second-order valence-electron chi connectivity index (χ2n) is 11.4. The summed E-state index contributed by atoms with van der Waals surface area (Å²) in [4.78, 5) is 61.1. The molecule has 9 N–H and O–H groups in total. The average Bonchev–Trinajstić information content (AvgIpc) is 3.43. The summed E-state index contributed by atoms with van der Waals surface area (Å²) >= 11 is 0. The van der Waals surface area contributed by atoms with E-state index >= 15 is 0 Å². The third kappa shape index (κ3) is 3.86. The Bertz CT molecular complexity index is 1890. The Labute approximate surface area is 246 Å². The largest absolute Gasteiger partial charge is 0.508 e. The van der Waals surface area contributed by atoms with E-state index < -0.39 is 87.2 Å². The van der Waals surface area contributed by atoms with Crippen LogP contribution in [0.15, 0.2) is 39.9 Å². The van der Waals surface area contributed by atoms with Crippen LogP contribution in [0.4, 0.5) is 5.95 Å². The number of phenols is 1. The van der Waals surface area contributed by atoms with Gasteiger partial charge in [0, 0.05) is 17.4 Å². The number of aliphatic hydroxyl groups excluding tert-OH is 2. The number of phenolic OH excluding ortho intramolecular Hbond substituents is 1. The normalized spacial score (nSPS) is 28.2. The number of aromatic amines is 2. The summed E-state index contributed by atoms with van der Waals surface area (Å²) in [5, 5.41) is 71.2. The predicted molar refractivity (Wildman–Crippen MR) is 150 cm³/mol. The number of likely N-dealkylation sites (N-methyl/N-ethyl adjacent to an activating group) is 1. The summed E-state index contributed by atoms with van der Waals surface area (Å²) in [5.41, 5.74) is -6.78. The lowest BCUT2D eigenvalue weighted by atomic mass is 9.54. The smallest absolute Gasteiger partial charge is 0.282 e. The number of ketones is 2. The van der Waals surface area contributed by atoms with Crippen LogP contribution in [0, 0.1) is 11.8 Å². The number of carbonyl (C=O) groups is 3. The molecule has 2 aromatic heterocycles. The zero-order valence-corrected chi connectivity index (χ0v) is 23.5. The molecule has 1 aromatic carbocycles. The maximum Gasteiger partial charge on any atom is 0.282 e. The second-order valence-corrected chi connectivity index (χ2v) is 11.4. The Kier molecular flexibility index (Phi) is 6.38. The highest BCUT2D eigenvalue weighted by molar-refractivity contribution is 6.25. The van der Waals surface area contributed by atoms with Gasteiger partial charge in [-0.05, 0) is 39.1 Å². The van der Waals surface area contributed by atoms with Crippen molar-refractivity contribution >= 4 is 40.3 Å². The summed E-state index contributed by atoms with van der Waals surface area (Å²) in [7, 11) is 2.98. The lowest BCUT2D eigenvalue weighted by Crippen LogP contribution is -2.67. The zero-order valence-electron chi connectivity index (χ0n) is 23.5. The van der Waals surface area contributed by atoms with E-state index in [4.69, 9.17) is 0 Å². The van der Waals surface area contributed by atoms with Gasteiger partial charge in [0.15, 0.2) is 16.9 Å². The molecule has 17 heteroatoms. The van der Waals surface area contributed by atoms with Crippen molar-refractivity contribution in [1.29, 1.82) is 0 Å². The van der Waals surface area contributed by atoms with Crippen LogP contribution in [0.1, 0.15) is 24.5 Å². The van der Waals surface area contributed by atoms with Crippen molar-refractivity contribution in [3.63, 3.8) is 0 Å². The van der Waals surface area contributed by atoms with Crippen LogP contribution >= 0.6 is 0 Å². The summed E-state index contributed by atoms with van der Waals surface area (Å²) in [5.74, 6) is -8.21. The number of benzene rings is 1. The van der Waals surface area contributed by atoms with Crippen LogP contribution in [0.2, 0.25) is 0 Å². The molecule has 3 aromatic rings. The first kappa shape index (κ1) is 29.0. The van der Waals surface area contributed by atoms with Gasteiger partial charge >= 0.3 is 0 Å². The predicted octanol–water partition coefficient (Wildman–Crippen LogP) is -1.32. The first-order chi connectivity index (χ1) is 20.7. The van der Waals surface area contributed by atoms with Crippen molar-refractivity contribution in [2.24, 2.45) is 11.8 Å². The number of H-pyrrole nitrogens is 2. The van der Waals surface area contributed by atoms with Crippen molar-refractivity contribution in [1.82, 2.24) is 35.6 Å². The quantitative estimate of drug-likeness (QED) is 0.120. The number of aromatic nitrogens is 5. The molecule has 5 unspecified atom stereocenters. The molecule has 0 radical (unpaired) electrons. The van der Waals surface area contributed by atoms with Crippen LogP contribution in [-0.4, -0.2) is 106 Å². The molecule has 0 aliphatic heterocycles. The van der Waals surface area contributed by atoms with Gasteiger partial charge in [-0.25, -0.2) is 0 Å². The summed E-state index contributed by atoms with van der Waals surface area (Å²) in [6, 6.07) is 2.88. The van der Waals surface area contributed by atoms with Gasteiger partial charge in [0.1, 0.15) is 22.8 Å². The molecule has 3 aliphatic carbocycles. The zero-order chi connectivity index (χ0) is 31.9. The van der Waals surface area contributed by atoms with E-state index in [1.54, 1.807) is 0 Å². The van der Waals surface area contributed by atoms with E-state index in [1.807, 2.05) is 0 Å². The van der Waals surface area contributed by atoms with Gasteiger partial charge in [0.25, 0.3) is 11.5 Å². The number of carbonyl (C=O) groups excluding carboxylic acids is 3. The van der Waals surface area contributed by atoms with Gasteiger partial charge in [-0.1, -0.05) is 12.1 Å². The molecular formula is C27H28N8O9. The van der Waals surface area contributed by atoms with Crippen LogP contribution in [0.5, 0.6) is 5.75 Å². The number of Topliss-reactive ketones (excluding diaryl/α,β-unsaturated/α-hetero) is 2. The van der Waals surface area contributed by atoms with Gasteiger partial charge in [-0.15, -0.1) is 10.2 Å². The van der Waals surface area contributed by atoms with Crippen molar-refractivity contribution in [3.8, 4) is 5.75 Å². The molecule has 1 fully saturated rings. The average molecular weight is 609 g/mol. The second kappa shape index (κ2) is 9.69. The Hall–Kier alpha value is -5.13. The summed E-state index contributed by atoms with van der Waals surface area (Å²) < 4.78 is 0. The van der Waals surface area contributed by atoms with Crippen LogP contribution in [-0.2, 0) is 20.0 Å². The number of hydrogen-bond donors (Lipinski definition) is 9. The van der Waals surface area contributed by atoms with Gasteiger partial charge < -0.3 is 36.2 Å². The number of hydrogen-bond acceptors (Lipinski definition) is 14. The number of amides is 1. The number of anilines is 1. The fraction of sp³-hybridized carbons (Fsp3) is 0.370. The number of fused-ring (bicyclic) bond motifs is 4. The molecule has 0 spiro atoms. The van der Waals surface area contributed by atoms with E-state index in [9.17, 15) is 44.7 Å². The van der Waals surface area contributed by atoms with Crippen molar-refractivity contribution in [3.05, 3.63) is 56.6 Å². The number of nitrogens with zero attached hydrogens (tertiary/aromatic N) is 4. The highest BCUT2D eigenvalue weighted by atomic mass is 16.3. The minimum atomic E-state index is -2.86. The molecule has 44 heavy (non-hydrogen) atoms. The SMILES string of the molecule is CN(C)C1C(=O)C(C(=O)NCNc2nc3n[nH]nc3c(=O)[nH]2)=C(O)C2(O)C(=O)C3=C(O)c4c(O)cccc4C(C)(O)C3CC12. The topological polar surface area (TPSA) is 267 Å². The van der Waals surface area contributed by atoms with Gasteiger partial charge in [-0.2, -0.15) is 10.2 Å². The fourth-order valence-corrected chi connectivity index (χ4v) is 6.62. The minimum Gasteiger partial charge on any atom is -0.508 e. The summed E-state index contributed by atoms with van der Waals surface area (Å²) in [6.45, 7) is 0.962. The lowest BCUT2D eigenvalue weighted by Gasteiger charge is -2.53. The number of rotatable bonds is 5.